The molecule has 0 aliphatic carbocycles. The predicted molar refractivity (Wildman–Crippen MR) is 75.0 cm³/mol. The molecule has 1 aromatic rings. The second-order valence-corrected chi connectivity index (χ2v) is 5.21. The summed E-state index contributed by atoms with van der Waals surface area (Å²) in [7, 11) is 1.80. The number of nitrogen functional groups attached to an aromatic ring is 1. The number of nitrogens with one attached hydrogen (secondary N) is 1. The molecule has 0 unspecified atom stereocenters. The van der Waals surface area contributed by atoms with Crippen LogP contribution in [0.1, 0.15) is 19.4 Å². The summed E-state index contributed by atoms with van der Waals surface area (Å²) in [5.41, 5.74) is 7.00. The minimum Gasteiger partial charge on any atom is -0.398 e. The monoisotopic (exact) mass is 267 g/mol. The SMILES string of the molecule is CC(C)CNC(=O)CN(C)Cc1cc(F)ccc1N. The molecule has 0 spiro atoms. The van der Waals surface area contributed by atoms with Gasteiger partial charge < -0.3 is 11.1 Å². The summed E-state index contributed by atoms with van der Waals surface area (Å²) in [6.07, 6.45) is 0. The molecule has 0 aromatic heterocycles. The molecule has 0 saturated carbocycles. The van der Waals surface area contributed by atoms with Gasteiger partial charge in [0.25, 0.3) is 0 Å². The second-order valence-electron chi connectivity index (χ2n) is 5.21. The van der Waals surface area contributed by atoms with E-state index in [0.717, 1.165) is 0 Å². The third-order valence-electron chi connectivity index (χ3n) is 2.67. The summed E-state index contributed by atoms with van der Waals surface area (Å²) in [5.74, 6) is 0.0705. The van der Waals surface area contributed by atoms with E-state index in [1.807, 2.05) is 13.8 Å². The summed E-state index contributed by atoms with van der Waals surface area (Å²) < 4.78 is 13.1. The number of amides is 1. The highest BCUT2D eigenvalue weighted by atomic mass is 19.1. The first-order valence-electron chi connectivity index (χ1n) is 6.37. The Morgan fingerprint density at radius 3 is 2.79 bits per heavy atom. The van der Waals surface area contributed by atoms with Gasteiger partial charge in [-0.25, -0.2) is 4.39 Å². The quantitative estimate of drug-likeness (QED) is 0.770. The van der Waals surface area contributed by atoms with Crippen molar-refractivity contribution in [3.63, 3.8) is 0 Å². The van der Waals surface area contributed by atoms with Crippen LogP contribution in [0.15, 0.2) is 18.2 Å². The smallest absolute Gasteiger partial charge is 0.234 e. The lowest BCUT2D eigenvalue weighted by molar-refractivity contribution is -0.122. The lowest BCUT2D eigenvalue weighted by Gasteiger charge is -2.18. The molecule has 0 heterocycles. The Kier molecular flexibility index (Phi) is 5.76. The molecule has 3 N–H and O–H groups in total. The van der Waals surface area contributed by atoms with Crippen LogP contribution in [0, 0.1) is 11.7 Å². The highest BCUT2D eigenvalue weighted by Gasteiger charge is 2.09. The molecule has 1 amide bonds. The number of halogens is 1. The molecule has 19 heavy (non-hydrogen) atoms. The number of carbonyl (C=O) groups excluding carboxylic acids is 1. The molecule has 106 valence electrons. The van der Waals surface area contributed by atoms with E-state index >= 15 is 0 Å². The van der Waals surface area contributed by atoms with Crippen molar-refractivity contribution in [2.24, 2.45) is 5.92 Å². The van der Waals surface area contributed by atoms with Crippen LogP contribution in [0.25, 0.3) is 0 Å². The number of benzene rings is 1. The van der Waals surface area contributed by atoms with Gasteiger partial charge in [-0.1, -0.05) is 13.8 Å². The average molecular weight is 267 g/mol. The van der Waals surface area contributed by atoms with E-state index in [-0.39, 0.29) is 18.3 Å². The molecule has 1 rings (SSSR count). The van der Waals surface area contributed by atoms with Crippen LogP contribution in [0.3, 0.4) is 0 Å². The minimum absolute atomic E-state index is 0.0359. The van der Waals surface area contributed by atoms with E-state index in [0.29, 0.717) is 30.3 Å². The number of hydrogen-bond acceptors (Lipinski definition) is 3. The maximum absolute atomic E-state index is 13.1. The van der Waals surface area contributed by atoms with Crippen molar-refractivity contribution in [1.82, 2.24) is 10.2 Å². The number of anilines is 1. The van der Waals surface area contributed by atoms with Crippen molar-refractivity contribution in [3.8, 4) is 0 Å². The molecular weight excluding hydrogens is 245 g/mol. The molecule has 0 saturated heterocycles. The number of hydrogen-bond donors (Lipinski definition) is 2. The fourth-order valence-corrected chi connectivity index (χ4v) is 1.68. The molecule has 1 aromatic carbocycles. The Morgan fingerprint density at radius 1 is 1.47 bits per heavy atom. The topological polar surface area (TPSA) is 58.4 Å². The van der Waals surface area contributed by atoms with Crippen molar-refractivity contribution in [2.75, 3.05) is 25.9 Å². The fraction of sp³-hybridized carbons (Fsp3) is 0.500. The van der Waals surface area contributed by atoms with Gasteiger partial charge in [0.1, 0.15) is 5.82 Å². The van der Waals surface area contributed by atoms with Crippen LogP contribution in [-0.2, 0) is 11.3 Å². The highest BCUT2D eigenvalue weighted by molar-refractivity contribution is 5.77. The summed E-state index contributed by atoms with van der Waals surface area (Å²) >= 11 is 0. The third-order valence-corrected chi connectivity index (χ3v) is 2.67. The largest absolute Gasteiger partial charge is 0.398 e. The summed E-state index contributed by atoms with van der Waals surface area (Å²) in [6.45, 7) is 5.45. The number of nitrogens with zero attached hydrogens (tertiary/aromatic N) is 1. The van der Waals surface area contributed by atoms with Crippen molar-refractivity contribution in [1.29, 1.82) is 0 Å². The van der Waals surface area contributed by atoms with Gasteiger partial charge in [0.2, 0.25) is 5.91 Å². The van der Waals surface area contributed by atoms with E-state index in [1.165, 1.54) is 18.2 Å². The normalized spacial score (nSPS) is 11.1. The van der Waals surface area contributed by atoms with Gasteiger partial charge in [-0.2, -0.15) is 0 Å². The molecule has 0 radical (unpaired) electrons. The lowest BCUT2D eigenvalue weighted by atomic mass is 10.1. The Bertz CT molecular complexity index is 435. The first kappa shape index (κ1) is 15.4. The van der Waals surface area contributed by atoms with Crippen molar-refractivity contribution >= 4 is 11.6 Å². The Hall–Kier alpha value is -1.62. The molecule has 0 aliphatic rings. The van der Waals surface area contributed by atoms with Gasteiger partial charge in [0.15, 0.2) is 0 Å². The second kappa shape index (κ2) is 7.09. The third kappa shape index (κ3) is 5.70. The van der Waals surface area contributed by atoms with Crippen LogP contribution in [0.2, 0.25) is 0 Å². The maximum Gasteiger partial charge on any atom is 0.234 e. The van der Waals surface area contributed by atoms with Crippen LogP contribution >= 0.6 is 0 Å². The van der Waals surface area contributed by atoms with Gasteiger partial charge in [0.05, 0.1) is 6.54 Å². The van der Waals surface area contributed by atoms with Crippen molar-refractivity contribution in [2.45, 2.75) is 20.4 Å². The lowest BCUT2D eigenvalue weighted by Crippen LogP contribution is -2.36. The predicted octanol–water partition coefficient (Wildman–Crippen LogP) is 1.61. The molecular formula is C14H22FN3O. The Morgan fingerprint density at radius 2 is 2.16 bits per heavy atom. The van der Waals surface area contributed by atoms with E-state index in [2.05, 4.69) is 5.32 Å². The average Bonchev–Trinajstić information content (AvgIpc) is 2.31. The fourth-order valence-electron chi connectivity index (χ4n) is 1.68. The van der Waals surface area contributed by atoms with Gasteiger partial charge in [-0.15, -0.1) is 0 Å². The number of rotatable bonds is 6. The molecule has 0 fully saturated rings. The molecule has 4 nitrogen and oxygen atoms in total. The van der Waals surface area contributed by atoms with E-state index in [1.54, 1.807) is 11.9 Å². The Labute approximate surface area is 113 Å². The first-order valence-corrected chi connectivity index (χ1v) is 6.37. The van der Waals surface area contributed by atoms with E-state index in [9.17, 15) is 9.18 Å². The number of nitrogens with two attached hydrogens (primary N) is 1. The zero-order valence-corrected chi connectivity index (χ0v) is 11.7. The zero-order chi connectivity index (χ0) is 14.4. The van der Waals surface area contributed by atoms with Gasteiger partial charge in [0, 0.05) is 18.8 Å². The maximum atomic E-state index is 13.1. The van der Waals surface area contributed by atoms with Crippen LogP contribution in [-0.4, -0.2) is 30.9 Å². The zero-order valence-electron chi connectivity index (χ0n) is 11.7. The summed E-state index contributed by atoms with van der Waals surface area (Å²) in [4.78, 5) is 13.4. The number of carbonyl (C=O) groups is 1. The highest BCUT2D eigenvalue weighted by Crippen LogP contribution is 2.14. The first-order chi connectivity index (χ1) is 8.88. The van der Waals surface area contributed by atoms with Gasteiger partial charge >= 0.3 is 0 Å². The summed E-state index contributed by atoms with van der Waals surface area (Å²) in [6, 6.07) is 4.27. The van der Waals surface area contributed by atoms with Crippen molar-refractivity contribution in [3.05, 3.63) is 29.6 Å². The standard InChI is InChI=1S/C14H22FN3O/c1-10(2)7-17-14(19)9-18(3)8-11-6-12(15)4-5-13(11)16/h4-6,10H,7-9,16H2,1-3H3,(H,17,19). The summed E-state index contributed by atoms with van der Waals surface area (Å²) in [5, 5.41) is 2.84. The van der Waals surface area contributed by atoms with Crippen LogP contribution in [0.4, 0.5) is 10.1 Å². The Balaban J connectivity index is 2.48. The van der Waals surface area contributed by atoms with Crippen molar-refractivity contribution < 1.29 is 9.18 Å². The molecule has 0 atom stereocenters. The minimum atomic E-state index is -0.318. The van der Waals surface area contributed by atoms with Crippen LogP contribution < -0.4 is 11.1 Å². The molecule has 0 bridgehead atoms. The number of likely N-dealkylation sites (N-methyl/N-ethyl adjacent to an activating group) is 1. The molecule has 0 aliphatic heterocycles. The molecule has 5 heteroatoms. The van der Waals surface area contributed by atoms with E-state index < -0.39 is 0 Å². The van der Waals surface area contributed by atoms with E-state index in [4.69, 9.17) is 5.73 Å². The van der Waals surface area contributed by atoms with Crippen LogP contribution in [0.5, 0.6) is 0 Å². The van der Waals surface area contributed by atoms with Gasteiger partial charge in [-0.05, 0) is 36.7 Å². The van der Waals surface area contributed by atoms with Gasteiger partial charge in [-0.3, -0.25) is 9.69 Å².